The zero-order valence-electron chi connectivity index (χ0n) is 12.6. The monoisotopic (exact) mass is 318 g/mol. The average Bonchev–Trinajstić information content (AvgIpc) is 2.66. The van der Waals surface area contributed by atoms with Gasteiger partial charge in [-0.25, -0.2) is 12.7 Å². The molecule has 5 nitrogen and oxygen atoms in total. The summed E-state index contributed by atoms with van der Waals surface area (Å²) in [4.78, 5) is 14.2. The highest BCUT2D eigenvalue weighted by molar-refractivity contribution is 7.89. The summed E-state index contributed by atoms with van der Waals surface area (Å²) in [5, 5.41) is 2.85. The van der Waals surface area contributed by atoms with Gasteiger partial charge < -0.3 is 5.32 Å². The van der Waals surface area contributed by atoms with Crippen molar-refractivity contribution in [3.8, 4) is 0 Å². The van der Waals surface area contributed by atoms with E-state index in [2.05, 4.69) is 11.4 Å². The van der Waals surface area contributed by atoms with Crippen molar-refractivity contribution in [2.75, 3.05) is 19.8 Å². The predicted octanol–water partition coefficient (Wildman–Crippen LogP) is 1.82. The molecule has 0 aromatic carbocycles. The van der Waals surface area contributed by atoms with Crippen LogP contribution in [-0.2, 0) is 14.8 Å². The number of carbonyl (C=O) groups is 1. The van der Waals surface area contributed by atoms with Crippen LogP contribution in [0.25, 0.3) is 0 Å². The zero-order valence-corrected chi connectivity index (χ0v) is 14.2. The minimum absolute atomic E-state index is 0.0208. The van der Waals surface area contributed by atoms with Gasteiger partial charge >= 0.3 is 0 Å². The lowest BCUT2D eigenvalue weighted by Gasteiger charge is -2.15. The van der Waals surface area contributed by atoms with Crippen molar-refractivity contribution < 1.29 is 13.2 Å². The summed E-state index contributed by atoms with van der Waals surface area (Å²) in [6.07, 6.45) is -0.0208. The summed E-state index contributed by atoms with van der Waals surface area (Å²) in [5.74, 6) is -0.411. The molecule has 1 N–H and O–H groups in total. The number of thiophene rings is 1. The van der Waals surface area contributed by atoms with Crippen LogP contribution in [0.3, 0.4) is 0 Å². The van der Waals surface area contributed by atoms with E-state index in [4.69, 9.17) is 0 Å². The van der Waals surface area contributed by atoms with Crippen molar-refractivity contribution in [1.82, 2.24) is 9.62 Å². The Morgan fingerprint density at radius 1 is 1.40 bits per heavy atom. The van der Waals surface area contributed by atoms with Gasteiger partial charge in [0.15, 0.2) is 0 Å². The second-order valence-electron chi connectivity index (χ2n) is 5.01. The van der Waals surface area contributed by atoms with Crippen molar-refractivity contribution in [3.05, 3.63) is 21.4 Å². The molecule has 1 aromatic heterocycles. The Bertz CT molecular complexity index is 576. The van der Waals surface area contributed by atoms with Crippen LogP contribution in [0.4, 0.5) is 0 Å². The molecule has 20 heavy (non-hydrogen) atoms. The van der Waals surface area contributed by atoms with Gasteiger partial charge in [-0.1, -0.05) is 0 Å². The molecule has 1 aromatic rings. The predicted molar refractivity (Wildman–Crippen MR) is 82.4 cm³/mol. The van der Waals surface area contributed by atoms with Gasteiger partial charge in [0.1, 0.15) is 0 Å². The fourth-order valence-electron chi connectivity index (χ4n) is 1.88. The molecule has 7 heteroatoms. The third-order valence-electron chi connectivity index (χ3n) is 3.07. The van der Waals surface area contributed by atoms with E-state index >= 15 is 0 Å². The molecule has 0 aliphatic heterocycles. The van der Waals surface area contributed by atoms with Crippen LogP contribution in [0, 0.1) is 13.8 Å². The molecule has 0 bridgehead atoms. The van der Waals surface area contributed by atoms with Crippen LogP contribution in [0.1, 0.15) is 34.7 Å². The second kappa shape index (κ2) is 6.69. The molecule has 1 rings (SSSR count). The largest absolute Gasteiger partial charge is 0.350 e. The standard InChI is InChI=1S/C13H22N2O3S2/c1-9-8-12(11(3)19-9)10(2)14-13(16)6-7-20(17,18)15(4)5/h8,10H,6-7H2,1-5H3,(H,14,16)/t10-/m0/s1. The number of hydrogen-bond acceptors (Lipinski definition) is 4. The van der Waals surface area contributed by atoms with Crippen molar-refractivity contribution in [2.45, 2.75) is 33.2 Å². The zero-order chi connectivity index (χ0) is 15.5. The molecule has 0 aliphatic rings. The molecule has 0 spiro atoms. The molecule has 0 saturated carbocycles. The van der Waals surface area contributed by atoms with E-state index in [1.165, 1.54) is 23.8 Å². The minimum Gasteiger partial charge on any atom is -0.350 e. The number of hydrogen-bond donors (Lipinski definition) is 1. The Labute approximate surface area is 125 Å². The number of nitrogens with zero attached hydrogens (tertiary/aromatic N) is 1. The maximum absolute atomic E-state index is 11.8. The van der Waals surface area contributed by atoms with Crippen molar-refractivity contribution in [1.29, 1.82) is 0 Å². The number of nitrogens with one attached hydrogen (secondary N) is 1. The van der Waals surface area contributed by atoms with Gasteiger partial charge in [-0.05, 0) is 32.4 Å². The first-order valence-electron chi connectivity index (χ1n) is 6.40. The number of sulfonamides is 1. The Kier molecular flexibility index (Phi) is 5.73. The van der Waals surface area contributed by atoms with Gasteiger partial charge in [0.25, 0.3) is 0 Å². The van der Waals surface area contributed by atoms with Crippen molar-refractivity contribution >= 4 is 27.3 Å². The summed E-state index contributed by atoms with van der Waals surface area (Å²) < 4.78 is 24.3. The summed E-state index contributed by atoms with van der Waals surface area (Å²) in [6.45, 7) is 5.96. The van der Waals surface area contributed by atoms with Gasteiger partial charge in [0.05, 0.1) is 11.8 Å². The highest BCUT2D eigenvalue weighted by Gasteiger charge is 2.18. The maximum atomic E-state index is 11.8. The fraction of sp³-hybridized carbons (Fsp3) is 0.615. The van der Waals surface area contributed by atoms with Gasteiger partial charge in [-0.2, -0.15) is 0 Å². The SMILES string of the molecule is Cc1cc([C@H](C)NC(=O)CCS(=O)(=O)N(C)C)c(C)s1. The highest BCUT2D eigenvalue weighted by atomic mass is 32.2. The van der Waals surface area contributed by atoms with E-state index in [9.17, 15) is 13.2 Å². The van der Waals surface area contributed by atoms with Crippen LogP contribution in [-0.4, -0.2) is 38.5 Å². The molecule has 0 aliphatic carbocycles. The van der Waals surface area contributed by atoms with Crippen molar-refractivity contribution in [3.63, 3.8) is 0 Å². The smallest absolute Gasteiger partial charge is 0.221 e. The highest BCUT2D eigenvalue weighted by Crippen LogP contribution is 2.26. The first-order valence-corrected chi connectivity index (χ1v) is 8.82. The summed E-state index contributed by atoms with van der Waals surface area (Å²) in [6, 6.07) is 1.95. The van der Waals surface area contributed by atoms with Gasteiger partial charge in [0, 0.05) is 30.3 Å². The van der Waals surface area contributed by atoms with E-state index in [1.807, 2.05) is 20.8 Å². The van der Waals surface area contributed by atoms with Crippen LogP contribution >= 0.6 is 11.3 Å². The van der Waals surface area contributed by atoms with E-state index in [0.29, 0.717) is 0 Å². The number of amides is 1. The molecule has 1 atom stereocenters. The molecular weight excluding hydrogens is 296 g/mol. The van der Waals surface area contributed by atoms with Crippen LogP contribution in [0.5, 0.6) is 0 Å². The molecule has 1 amide bonds. The van der Waals surface area contributed by atoms with E-state index in [-0.39, 0.29) is 24.1 Å². The van der Waals surface area contributed by atoms with Crippen LogP contribution in [0.15, 0.2) is 6.07 Å². The molecule has 0 saturated heterocycles. The third kappa shape index (κ3) is 4.57. The first-order chi connectivity index (χ1) is 9.13. The Hall–Kier alpha value is -0.920. The molecule has 0 fully saturated rings. The molecule has 114 valence electrons. The van der Waals surface area contributed by atoms with E-state index in [1.54, 1.807) is 11.3 Å². The lowest BCUT2D eigenvalue weighted by Crippen LogP contribution is -2.31. The lowest BCUT2D eigenvalue weighted by molar-refractivity contribution is -0.121. The normalized spacial score (nSPS) is 13.5. The molecule has 1 heterocycles. The molecule has 0 radical (unpaired) electrons. The van der Waals surface area contributed by atoms with E-state index < -0.39 is 10.0 Å². The number of carbonyl (C=O) groups excluding carboxylic acids is 1. The van der Waals surface area contributed by atoms with Gasteiger partial charge in [-0.15, -0.1) is 11.3 Å². The number of rotatable bonds is 6. The maximum Gasteiger partial charge on any atom is 0.221 e. The van der Waals surface area contributed by atoms with Crippen LogP contribution in [0.2, 0.25) is 0 Å². The second-order valence-corrected chi connectivity index (χ2v) is 8.77. The quantitative estimate of drug-likeness (QED) is 0.870. The van der Waals surface area contributed by atoms with Crippen molar-refractivity contribution in [2.24, 2.45) is 0 Å². The summed E-state index contributed by atoms with van der Waals surface area (Å²) in [7, 11) is -0.392. The average molecular weight is 318 g/mol. The summed E-state index contributed by atoms with van der Waals surface area (Å²) in [5.41, 5.74) is 1.09. The Morgan fingerprint density at radius 3 is 2.45 bits per heavy atom. The molecule has 0 unspecified atom stereocenters. The summed E-state index contributed by atoms with van der Waals surface area (Å²) >= 11 is 1.69. The van der Waals surface area contributed by atoms with E-state index in [0.717, 1.165) is 9.87 Å². The molecular formula is C13H22N2O3S2. The number of aryl methyl sites for hydroxylation is 2. The Morgan fingerprint density at radius 2 is 2.00 bits per heavy atom. The fourth-order valence-corrected chi connectivity index (χ4v) is 3.71. The topological polar surface area (TPSA) is 66.5 Å². The van der Waals surface area contributed by atoms with Crippen LogP contribution < -0.4 is 5.32 Å². The van der Waals surface area contributed by atoms with Gasteiger partial charge in [0.2, 0.25) is 15.9 Å². The Balaban J connectivity index is 2.57. The minimum atomic E-state index is -3.32. The third-order valence-corrected chi connectivity index (χ3v) is 5.88. The lowest BCUT2D eigenvalue weighted by atomic mass is 10.1. The van der Waals surface area contributed by atoms with Gasteiger partial charge in [-0.3, -0.25) is 4.79 Å². The first kappa shape index (κ1) is 17.1.